The molecule has 0 radical (unpaired) electrons. The van der Waals surface area contributed by atoms with Crippen molar-refractivity contribution in [3.8, 4) is 0 Å². The predicted molar refractivity (Wildman–Crippen MR) is 97.8 cm³/mol. The van der Waals surface area contributed by atoms with Gasteiger partial charge in [-0.05, 0) is 41.3 Å². The first-order valence-electron chi connectivity index (χ1n) is 8.91. The van der Waals surface area contributed by atoms with Gasteiger partial charge in [-0.2, -0.15) is 0 Å². The largest absolute Gasteiger partial charge is 0.355 e. The summed E-state index contributed by atoms with van der Waals surface area (Å²) in [6.45, 7) is 2.33. The molecule has 3 rings (SSSR count). The van der Waals surface area contributed by atoms with Gasteiger partial charge in [0.15, 0.2) is 0 Å². The Hall–Kier alpha value is -2.76. The maximum Gasteiger partial charge on any atom is 0.226 e. The molecule has 0 spiro atoms. The highest BCUT2D eigenvalue weighted by Gasteiger charge is 2.42. The van der Waals surface area contributed by atoms with E-state index in [1.54, 1.807) is 36.2 Å². The summed E-state index contributed by atoms with van der Waals surface area (Å²) in [5.41, 5.74) is 1.66. The summed E-state index contributed by atoms with van der Waals surface area (Å²) < 4.78 is 26.3. The van der Waals surface area contributed by atoms with Crippen molar-refractivity contribution in [2.24, 2.45) is 5.92 Å². The molecule has 2 aromatic carbocycles. The van der Waals surface area contributed by atoms with Gasteiger partial charge in [-0.3, -0.25) is 9.59 Å². The lowest BCUT2D eigenvalue weighted by molar-refractivity contribution is -0.128. The fraction of sp³-hybridized carbons (Fsp3) is 0.333. The van der Waals surface area contributed by atoms with Crippen molar-refractivity contribution in [1.29, 1.82) is 0 Å². The number of hydrogen-bond acceptors (Lipinski definition) is 2. The van der Waals surface area contributed by atoms with E-state index in [2.05, 4.69) is 5.32 Å². The van der Waals surface area contributed by atoms with Crippen LogP contribution in [0.1, 0.15) is 36.4 Å². The number of amides is 2. The minimum absolute atomic E-state index is 0.00801. The van der Waals surface area contributed by atoms with E-state index in [0.717, 1.165) is 11.1 Å². The van der Waals surface area contributed by atoms with Gasteiger partial charge in [0.25, 0.3) is 0 Å². The van der Waals surface area contributed by atoms with Crippen LogP contribution in [-0.2, 0) is 9.59 Å². The van der Waals surface area contributed by atoms with Crippen molar-refractivity contribution >= 4 is 11.8 Å². The molecule has 1 heterocycles. The van der Waals surface area contributed by atoms with Gasteiger partial charge in [-0.15, -0.1) is 0 Å². The number of nitrogens with one attached hydrogen (secondary N) is 1. The van der Waals surface area contributed by atoms with Crippen LogP contribution in [0.2, 0.25) is 0 Å². The SMILES string of the molecule is CC(CNC(=O)C1CC(=O)N(C)C1c1ccc(F)cc1)c1ccc(F)cc1. The number of likely N-dealkylation sites (tertiary alicyclic amines) is 1. The Morgan fingerprint density at radius 1 is 1.11 bits per heavy atom. The number of carbonyl (C=O) groups is 2. The van der Waals surface area contributed by atoms with Crippen molar-refractivity contribution in [3.05, 3.63) is 71.3 Å². The second-order valence-electron chi connectivity index (χ2n) is 7.01. The fourth-order valence-electron chi connectivity index (χ4n) is 3.51. The molecule has 3 atom stereocenters. The molecule has 2 amide bonds. The van der Waals surface area contributed by atoms with Gasteiger partial charge in [-0.1, -0.05) is 31.2 Å². The third-order valence-electron chi connectivity index (χ3n) is 5.16. The van der Waals surface area contributed by atoms with E-state index in [0.29, 0.717) is 6.54 Å². The first-order chi connectivity index (χ1) is 12.9. The second-order valence-corrected chi connectivity index (χ2v) is 7.01. The third-order valence-corrected chi connectivity index (χ3v) is 5.16. The zero-order valence-electron chi connectivity index (χ0n) is 15.3. The lowest BCUT2D eigenvalue weighted by Gasteiger charge is -2.25. The van der Waals surface area contributed by atoms with E-state index in [9.17, 15) is 18.4 Å². The Balaban J connectivity index is 1.69. The summed E-state index contributed by atoms with van der Waals surface area (Å²) in [4.78, 5) is 26.5. The van der Waals surface area contributed by atoms with Gasteiger partial charge < -0.3 is 10.2 Å². The molecule has 142 valence electrons. The lowest BCUT2D eigenvalue weighted by atomic mass is 9.92. The molecule has 0 saturated carbocycles. The summed E-state index contributed by atoms with van der Waals surface area (Å²) in [6, 6.07) is 11.6. The first kappa shape index (κ1) is 19.0. The van der Waals surface area contributed by atoms with E-state index in [1.165, 1.54) is 24.3 Å². The highest BCUT2D eigenvalue weighted by atomic mass is 19.1. The standard InChI is InChI=1S/C21H22F2N2O2/c1-13(14-3-7-16(22)8-4-14)12-24-21(27)18-11-19(26)25(2)20(18)15-5-9-17(23)10-6-15/h3-10,13,18,20H,11-12H2,1-2H3,(H,24,27). The molecule has 3 unspecified atom stereocenters. The van der Waals surface area contributed by atoms with Crippen LogP contribution in [0.25, 0.3) is 0 Å². The lowest BCUT2D eigenvalue weighted by Crippen LogP contribution is -2.36. The van der Waals surface area contributed by atoms with Gasteiger partial charge in [0.05, 0.1) is 12.0 Å². The van der Waals surface area contributed by atoms with Gasteiger partial charge in [0.1, 0.15) is 11.6 Å². The molecule has 1 fully saturated rings. The van der Waals surface area contributed by atoms with E-state index in [1.807, 2.05) is 6.92 Å². The van der Waals surface area contributed by atoms with Crippen LogP contribution < -0.4 is 5.32 Å². The molecule has 0 aromatic heterocycles. The predicted octanol–water partition coefficient (Wildman–Crippen LogP) is 3.40. The molecule has 0 bridgehead atoms. The average molecular weight is 372 g/mol. The van der Waals surface area contributed by atoms with Gasteiger partial charge >= 0.3 is 0 Å². The topological polar surface area (TPSA) is 49.4 Å². The van der Waals surface area contributed by atoms with Crippen LogP contribution in [0.4, 0.5) is 8.78 Å². The van der Waals surface area contributed by atoms with E-state index in [4.69, 9.17) is 0 Å². The highest BCUT2D eigenvalue weighted by Crippen LogP contribution is 2.37. The second kappa shape index (κ2) is 7.86. The zero-order chi connectivity index (χ0) is 19.6. The molecule has 1 N–H and O–H groups in total. The van der Waals surface area contributed by atoms with Crippen LogP contribution in [0.3, 0.4) is 0 Å². The quantitative estimate of drug-likeness (QED) is 0.875. The van der Waals surface area contributed by atoms with Crippen molar-refractivity contribution in [1.82, 2.24) is 10.2 Å². The number of carbonyl (C=O) groups excluding carboxylic acids is 2. The normalized spacial score (nSPS) is 20.6. The minimum atomic E-state index is -0.534. The minimum Gasteiger partial charge on any atom is -0.355 e. The van der Waals surface area contributed by atoms with Gasteiger partial charge in [-0.25, -0.2) is 8.78 Å². The Kier molecular flexibility index (Phi) is 5.54. The fourth-order valence-corrected chi connectivity index (χ4v) is 3.51. The molecule has 1 aliphatic rings. The van der Waals surface area contributed by atoms with Crippen LogP contribution in [0.5, 0.6) is 0 Å². The number of hydrogen-bond donors (Lipinski definition) is 1. The monoisotopic (exact) mass is 372 g/mol. The summed E-state index contributed by atoms with van der Waals surface area (Å²) in [7, 11) is 1.66. The van der Waals surface area contributed by atoms with Gasteiger partial charge in [0.2, 0.25) is 11.8 Å². The van der Waals surface area contributed by atoms with Crippen molar-refractivity contribution in [2.75, 3.05) is 13.6 Å². The summed E-state index contributed by atoms with van der Waals surface area (Å²) >= 11 is 0. The third kappa shape index (κ3) is 4.15. The van der Waals surface area contributed by atoms with Crippen molar-refractivity contribution < 1.29 is 18.4 Å². The molecule has 4 nitrogen and oxygen atoms in total. The summed E-state index contributed by atoms with van der Waals surface area (Å²) in [5, 5.41) is 2.90. The number of halogens is 2. The molecule has 0 aliphatic carbocycles. The maximum atomic E-state index is 13.2. The maximum absolute atomic E-state index is 13.2. The van der Waals surface area contributed by atoms with Crippen molar-refractivity contribution in [3.63, 3.8) is 0 Å². The van der Waals surface area contributed by atoms with Gasteiger partial charge in [0, 0.05) is 20.0 Å². The summed E-state index contributed by atoms with van der Waals surface area (Å²) in [5.74, 6) is -1.52. The Bertz CT molecular complexity index is 821. The van der Waals surface area contributed by atoms with E-state index < -0.39 is 12.0 Å². The zero-order valence-corrected chi connectivity index (χ0v) is 15.3. The van der Waals surface area contributed by atoms with Crippen molar-refractivity contribution in [2.45, 2.75) is 25.3 Å². The molecule has 6 heteroatoms. The molecule has 1 aliphatic heterocycles. The van der Waals surface area contributed by atoms with Crippen LogP contribution in [0.15, 0.2) is 48.5 Å². The Labute approximate surface area is 157 Å². The molecular formula is C21H22F2N2O2. The summed E-state index contributed by atoms with van der Waals surface area (Å²) in [6.07, 6.45) is 0.120. The molecule has 1 saturated heterocycles. The first-order valence-corrected chi connectivity index (χ1v) is 8.91. The Morgan fingerprint density at radius 3 is 2.26 bits per heavy atom. The van der Waals surface area contributed by atoms with E-state index >= 15 is 0 Å². The Morgan fingerprint density at radius 2 is 1.67 bits per heavy atom. The smallest absolute Gasteiger partial charge is 0.226 e. The molecular weight excluding hydrogens is 350 g/mol. The number of benzene rings is 2. The molecule has 2 aromatic rings. The average Bonchev–Trinajstić information content (AvgIpc) is 2.96. The molecule has 27 heavy (non-hydrogen) atoms. The number of nitrogens with zero attached hydrogens (tertiary/aromatic N) is 1. The number of rotatable bonds is 5. The van der Waals surface area contributed by atoms with Crippen LogP contribution in [-0.4, -0.2) is 30.3 Å². The highest BCUT2D eigenvalue weighted by molar-refractivity contribution is 5.90. The van der Waals surface area contributed by atoms with Crippen LogP contribution in [0, 0.1) is 17.6 Å². The van der Waals surface area contributed by atoms with Crippen LogP contribution >= 0.6 is 0 Å². The van der Waals surface area contributed by atoms with E-state index in [-0.39, 0.29) is 35.8 Å².